The van der Waals surface area contributed by atoms with Crippen LogP contribution in [0.3, 0.4) is 0 Å². The molecule has 70 heavy (non-hydrogen) atoms. The molecule has 4 aromatic carbocycles. The van der Waals surface area contributed by atoms with Crippen LogP contribution in [0.5, 0.6) is 23.0 Å². The average molecular weight is 961 g/mol. The molecule has 0 N–H and O–H groups in total. The zero-order valence-corrected chi connectivity index (χ0v) is 36.7. The van der Waals surface area contributed by atoms with Crippen LogP contribution >= 0.6 is 0 Å². The van der Waals surface area contributed by atoms with Gasteiger partial charge < -0.3 is 28.7 Å². The van der Waals surface area contributed by atoms with E-state index >= 15 is 0 Å². The summed E-state index contributed by atoms with van der Waals surface area (Å²) in [5.74, 6) is -5.55. The Bertz CT molecular complexity index is 3020. The fourth-order valence-electron chi connectivity index (χ4n) is 7.94. The molecule has 0 aliphatic carbocycles. The van der Waals surface area contributed by atoms with Crippen LogP contribution in [0.25, 0.3) is 33.2 Å². The molecule has 0 unspecified atom stereocenters. The predicted octanol–water partition coefficient (Wildman–Crippen LogP) is 9.43. The third kappa shape index (κ3) is 9.41. The Morgan fingerprint density at radius 1 is 0.543 bits per heavy atom. The van der Waals surface area contributed by atoms with Gasteiger partial charge in [-0.3, -0.25) is 19.6 Å². The summed E-state index contributed by atoms with van der Waals surface area (Å²) in [5.41, 5.74) is 2.51. The van der Waals surface area contributed by atoms with E-state index in [4.69, 9.17) is 18.9 Å². The van der Waals surface area contributed by atoms with E-state index in [0.29, 0.717) is 46.9 Å². The summed E-state index contributed by atoms with van der Waals surface area (Å²) in [6, 6.07) is 19.4. The molecule has 2 atom stereocenters. The maximum atomic E-state index is 14.9. The Balaban J connectivity index is 0.000000174. The first kappa shape index (κ1) is 46.7. The Labute approximate surface area is 394 Å². The topological polar surface area (TPSA) is 139 Å². The highest BCUT2D eigenvalue weighted by Crippen LogP contribution is 2.35. The molecule has 0 spiro atoms. The van der Waals surface area contributed by atoms with Gasteiger partial charge in [-0.25, -0.2) is 35.7 Å². The van der Waals surface area contributed by atoms with Crippen molar-refractivity contribution in [1.29, 1.82) is 0 Å². The molecule has 0 saturated carbocycles. The van der Waals surface area contributed by atoms with Crippen molar-refractivity contribution in [2.45, 2.75) is 12.2 Å². The quantitative estimate of drug-likeness (QED) is 0.0963. The second-order valence-corrected chi connectivity index (χ2v) is 15.6. The van der Waals surface area contributed by atoms with Gasteiger partial charge in [0.2, 0.25) is 11.8 Å². The fourth-order valence-corrected chi connectivity index (χ4v) is 7.94. The van der Waals surface area contributed by atoms with Gasteiger partial charge in [-0.15, -0.1) is 0 Å². The largest absolute Gasteiger partial charge is 0.451 e. The van der Waals surface area contributed by atoms with E-state index in [2.05, 4.69) is 33.3 Å². The normalized spacial score (nSPS) is 15.9. The summed E-state index contributed by atoms with van der Waals surface area (Å²) in [6.45, 7) is 8.74. The number of hydrogen-bond acceptors (Lipinski definition) is 10. The van der Waals surface area contributed by atoms with E-state index in [9.17, 15) is 35.9 Å². The number of para-hydroxylation sites is 2. The Kier molecular flexibility index (Phi) is 13.4. The number of ether oxygens (including phenoxy) is 4. The summed E-state index contributed by atoms with van der Waals surface area (Å²) in [7, 11) is 0. The molecule has 2 aliphatic rings. The Morgan fingerprint density at radius 2 is 0.914 bits per heavy atom. The lowest BCUT2D eigenvalue weighted by Crippen LogP contribution is -2.41. The van der Waals surface area contributed by atoms with Gasteiger partial charge in [0.25, 0.3) is 0 Å². The van der Waals surface area contributed by atoms with E-state index in [1.165, 1.54) is 70.3 Å². The number of fused-ring (bicyclic) bond motifs is 2. The highest BCUT2D eigenvalue weighted by atomic mass is 19.2. The Hall–Kier alpha value is -8.36. The minimum absolute atomic E-state index is 0.194. The highest BCUT2D eigenvalue weighted by molar-refractivity contribution is 5.88. The summed E-state index contributed by atoms with van der Waals surface area (Å²) < 4.78 is 111. The summed E-state index contributed by atoms with van der Waals surface area (Å²) in [5, 5.41) is 9.64. The molecule has 0 bridgehead atoms. The SMILES string of the molecule is C=CC(=O)N1CCO[C@@H](c2nn(-c3ccc(Oc4c(F)cccc4F)cc3)c3cncc(F)c23)C1.C=CC(=O)N1CCO[C@H](c2nn(-c3ccc(Oc4c(F)cccc4F)cc3)c3cncc(F)c23)C1. The molecule has 8 aromatic rings. The summed E-state index contributed by atoms with van der Waals surface area (Å²) in [6.07, 6.45) is 6.27. The smallest absolute Gasteiger partial charge is 0.246 e. The molecule has 2 aliphatic heterocycles. The molecule has 4 aromatic heterocycles. The lowest BCUT2D eigenvalue weighted by atomic mass is 10.1. The van der Waals surface area contributed by atoms with Crippen LogP contribution in [0, 0.1) is 34.9 Å². The van der Waals surface area contributed by atoms with E-state index in [-0.39, 0.29) is 60.4 Å². The number of halogens is 6. The molecule has 2 fully saturated rings. The lowest BCUT2D eigenvalue weighted by molar-refractivity contribution is -0.134. The molecular weight excluding hydrogens is 923 g/mol. The van der Waals surface area contributed by atoms with Crippen molar-refractivity contribution in [3.05, 3.63) is 181 Å². The van der Waals surface area contributed by atoms with Crippen molar-refractivity contribution in [3.8, 4) is 34.4 Å². The number of hydrogen-bond donors (Lipinski definition) is 0. The zero-order valence-electron chi connectivity index (χ0n) is 36.7. The van der Waals surface area contributed by atoms with Crippen LogP contribution < -0.4 is 9.47 Å². The molecule has 20 heteroatoms. The second kappa shape index (κ2) is 20.1. The molecular formula is C50H38F6N8O6. The number of aromatic nitrogens is 6. The molecule has 2 saturated heterocycles. The third-order valence-electron chi connectivity index (χ3n) is 11.3. The van der Waals surface area contributed by atoms with Crippen molar-refractivity contribution < 1.29 is 54.9 Å². The lowest BCUT2D eigenvalue weighted by Gasteiger charge is -2.31. The standard InChI is InChI=1S/2C25H19F3N4O3/c2*1-2-22(33)31-10-11-34-21(14-31)24-23-19(28)12-29-13-20(23)32(30-24)15-6-8-16(9-7-15)35-25-17(26)4-3-5-18(25)27/h2*2-9,12-13,21H,1,10-11,14H2/t2*21-/m10/s1. The van der Waals surface area contributed by atoms with Gasteiger partial charge in [0.15, 0.2) is 46.4 Å². The molecule has 0 radical (unpaired) electrons. The fraction of sp³-hybridized carbons (Fsp3) is 0.160. The Morgan fingerprint density at radius 3 is 1.27 bits per heavy atom. The molecule has 6 heterocycles. The number of benzene rings is 4. The maximum Gasteiger partial charge on any atom is 0.246 e. The van der Waals surface area contributed by atoms with Gasteiger partial charge in [-0.05, 0) is 84.9 Å². The van der Waals surface area contributed by atoms with Gasteiger partial charge in [0.05, 0.1) is 84.3 Å². The first-order valence-electron chi connectivity index (χ1n) is 21.5. The van der Waals surface area contributed by atoms with Crippen LogP contribution in [0.15, 0.2) is 135 Å². The second-order valence-electron chi connectivity index (χ2n) is 15.6. The van der Waals surface area contributed by atoms with Crippen LogP contribution in [0.1, 0.15) is 23.6 Å². The third-order valence-corrected chi connectivity index (χ3v) is 11.3. The van der Waals surface area contributed by atoms with Crippen molar-refractivity contribution in [3.63, 3.8) is 0 Å². The molecule has 14 nitrogen and oxygen atoms in total. The number of carbonyl (C=O) groups is 2. The highest BCUT2D eigenvalue weighted by Gasteiger charge is 2.32. The van der Waals surface area contributed by atoms with Crippen LogP contribution in [0.2, 0.25) is 0 Å². The van der Waals surface area contributed by atoms with Gasteiger partial charge in [0.1, 0.15) is 35.1 Å². The molecule has 10 rings (SSSR count). The van der Waals surface area contributed by atoms with E-state index in [0.717, 1.165) is 36.7 Å². The van der Waals surface area contributed by atoms with E-state index < -0.39 is 58.6 Å². The number of morpholine rings is 2. The zero-order chi connectivity index (χ0) is 49.1. The van der Waals surface area contributed by atoms with Crippen LogP contribution in [-0.4, -0.2) is 90.5 Å². The number of nitrogens with zero attached hydrogens (tertiary/aromatic N) is 8. The van der Waals surface area contributed by atoms with E-state index in [1.807, 2.05) is 0 Å². The molecule has 356 valence electrons. The van der Waals surface area contributed by atoms with Crippen LogP contribution in [-0.2, 0) is 19.1 Å². The predicted molar refractivity (Wildman–Crippen MR) is 241 cm³/mol. The number of amides is 2. The summed E-state index contributed by atoms with van der Waals surface area (Å²) in [4.78, 5) is 35.2. The van der Waals surface area contributed by atoms with Crippen molar-refractivity contribution in [1.82, 2.24) is 39.3 Å². The minimum Gasteiger partial charge on any atom is -0.451 e. The summed E-state index contributed by atoms with van der Waals surface area (Å²) >= 11 is 0. The first-order valence-corrected chi connectivity index (χ1v) is 21.5. The van der Waals surface area contributed by atoms with Gasteiger partial charge in [-0.2, -0.15) is 10.2 Å². The number of pyridine rings is 2. The van der Waals surface area contributed by atoms with Gasteiger partial charge >= 0.3 is 0 Å². The van der Waals surface area contributed by atoms with Crippen molar-refractivity contribution >= 4 is 33.6 Å². The van der Waals surface area contributed by atoms with Gasteiger partial charge in [0, 0.05) is 13.1 Å². The molecule has 2 amide bonds. The van der Waals surface area contributed by atoms with Crippen molar-refractivity contribution in [2.24, 2.45) is 0 Å². The minimum atomic E-state index is -0.824. The number of rotatable bonds is 10. The monoisotopic (exact) mass is 960 g/mol. The number of carbonyl (C=O) groups excluding carboxylic acids is 2. The van der Waals surface area contributed by atoms with E-state index in [1.54, 1.807) is 34.1 Å². The maximum absolute atomic E-state index is 14.9. The average Bonchev–Trinajstić information content (AvgIpc) is 3.98. The van der Waals surface area contributed by atoms with Gasteiger partial charge in [-0.1, -0.05) is 25.3 Å². The van der Waals surface area contributed by atoms with Crippen LogP contribution in [0.4, 0.5) is 26.3 Å². The van der Waals surface area contributed by atoms with Crippen molar-refractivity contribution in [2.75, 3.05) is 39.4 Å². The first-order chi connectivity index (χ1) is 33.9.